The molecule has 0 saturated carbocycles. The lowest BCUT2D eigenvalue weighted by Crippen LogP contribution is -2.47. The summed E-state index contributed by atoms with van der Waals surface area (Å²) in [5, 5.41) is 8.75. The molecule has 1 aliphatic heterocycles. The molecule has 0 unspecified atom stereocenters. The summed E-state index contributed by atoms with van der Waals surface area (Å²) in [7, 11) is 1.81. The molecule has 166 valence electrons. The van der Waals surface area contributed by atoms with E-state index in [1.54, 1.807) is 11.3 Å². The molecule has 0 spiro atoms. The highest BCUT2D eigenvalue weighted by Gasteiger charge is 2.18. The zero-order valence-electron chi connectivity index (χ0n) is 17.9. The maximum Gasteiger partial charge on any atom is 0.191 e. The Morgan fingerprint density at radius 3 is 2.53 bits per heavy atom. The number of hydrogen-bond acceptors (Lipinski definition) is 5. The number of guanidine groups is 1. The molecule has 3 rings (SSSR count). The first kappa shape index (κ1) is 25.2. The van der Waals surface area contributed by atoms with Gasteiger partial charge in [-0.05, 0) is 38.9 Å². The lowest BCUT2D eigenvalue weighted by atomic mass is 10.2. The third-order valence-corrected chi connectivity index (χ3v) is 6.54. The minimum Gasteiger partial charge on any atom is -0.368 e. The number of anilines is 1. The van der Waals surface area contributed by atoms with Crippen molar-refractivity contribution in [2.75, 3.05) is 51.2 Å². The summed E-state index contributed by atoms with van der Waals surface area (Å²) in [5.74, 6) is 0.846. The molecule has 0 radical (unpaired) electrons. The lowest BCUT2D eigenvalue weighted by Gasteiger charge is -2.36. The molecular weight excluding hydrogens is 531 g/mol. The van der Waals surface area contributed by atoms with Crippen LogP contribution >= 0.6 is 46.9 Å². The van der Waals surface area contributed by atoms with Gasteiger partial charge in [0.25, 0.3) is 0 Å². The average Bonchev–Trinajstić information content (AvgIpc) is 3.05. The van der Waals surface area contributed by atoms with Crippen LogP contribution in [0.4, 0.5) is 5.69 Å². The summed E-state index contributed by atoms with van der Waals surface area (Å²) in [5.41, 5.74) is 2.25. The maximum atomic E-state index is 6.33. The van der Waals surface area contributed by atoms with E-state index < -0.39 is 0 Å². The summed E-state index contributed by atoms with van der Waals surface area (Å²) in [6.07, 6.45) is 1.09. The van der Waals surface area contributed by atoms with Gasteiger partial charge in [-0.15, -0.1) is 35.3 Å². The number of aromatic nitrogens is 1. The third-order valence-electron chi connectivity index (χ3n) is 5.15. The van der Waals surface area contributed by atoms with Crippen LogP contribution in [0.1, 0.15) is 22.0 Å². The monoisotopic (exact) mass is 562 g/mol. The Balaban J connectivity index is 0.00000320. The Morgan fingerprint density at radius 1 is 1.17 bits per heavy atom. The van der Waals surface area contributed by atoms with E-state index in [0.717, 1.165) is 79.6 Å². The normalized spacial score (nSPS) is 15.1. The smallest absolute Gasteiger partial charge is 0.191 e. The molecule has 0 aliphatic carbocycles. The molecule has 1 aliphatic rings. The number of para-hydroxylation sites is 1. The van der Waals surface area contributed by atoms with Crippen LogP contribution in [0.15, 0.2) is 29.3 Å². The van der Waals surface area contributed by atoms with Crippen molar-refractivity contribution >= 4 is 58.6 Å². The number of piperazine rings is 1. The van der Waals surface area contributed by atoms with Crippen molar-refractivity contribution in [3.63, 3.8) is 0 Å². The minimum atomic E-state index is 0. The molecule has 1 saturated heterocycles. The minimum absolute atomic E-state index is 0. The highest BCUT2D eigenvalue weighted by Crippen LogP contribution is 2.26. The zero-order valence-corrected chi connectivity index (χ0v) is 21.9. The Kier molecular flexibility index (Phi) is 10.6. The number of rotatable bonds is 7. The van der Waals surface area contributed by atoms with Gasteiger partial charge in [-0.25, -0.2) is 4.98 Å². The highest BCUT2D eigenvalue weighted by atomic mass is 127. The van der Waals surface area contributed by atoms with Crippen molar-refractivity contribution in [3.05, 3.63) is 44.9 Å². The topological polar surface area (TPSA) is 55.8 Å². The van der Waals surface area contributed by atoms with Gasteiger partial charge in [-0.2, -0.15) is 0 Å². The molecule has 1 aromatic carbocycles. The fourth-order valence-corrected chi connectivity index (χ4v) is 4.68. The molecule has 6 nitrogen and oxygen atoms in total. The first-order chi connectivity index (χ1) is 14.1. The second-order valence-electron chi connectivity index (χ2n) is 7.23. The van der Waals surface area contributed by atoms with Gasteiger partial charge in [0.15, 0.2) is 5.96 Å². The molecule has 1 fully saturated rings. The van der Waals surface area contributed by atoms with Crippen LogP contribution in [0.2, 0.25) is 5.02 Å². The number of aryl methyl sites for hydroxylation is 2. The van der Waals surface area contributed by atoms with Gasteiger partial charge < -0.3 is 15.5 Å². The molecule has 0 atom stereocenters. The lowest BCUT2D eigenvalue weighted by molar-refractivity contribution is 0.255. The van der Waals surface area contributed by atoms with Crippen LogP contribution in [0.3, 0.4) is 0 Å². The number of halogens is 2. The van der Waals surface area contributed by atoms with Gasteiger partial charge >= 0.3 is 0 Å². The van der Waals surface area contributed by atoms with Crippen molar-refractivity contribution in [1.29, 1.82) is 0 Å². The van der Waals surface area contributed by atoms with Gasteiger partial charge in [0.05, 0.1) is 28.0 Å². The predicted octanol–water partition coefficient (Wildman–Crippen LogP) is 3.91. The number of benzene rings is 1. The van der Waals surface area contributed by atoms with Crippen molar-refractivity contribution in [2.45, 2.75) is 26.8 Å². The van der Waals surface area contributed by atoms with Crippen LogP contribution in [0.5, 0.6) is 0 Å². The fraction of sp³-hybridized carbons (Fsp3) is 0.524. The summed E-state index contributed by atoms with van der Waals surface area (Å²) >= 11 is 8.07. The number of nitrogens with one attached hydrogen (secondary N) is 2. The second kappa shape index (κ2) is 12.7. The average molecular weight is 563 g/mol. The predicted molar refractivity (Wildman–Crippen MR) is 140 cm³/mol. The third kappa shape index (κ3) is 7.25. The summed E-state index contributed by atoms with van der Waals surface area (Å²) < 4.78 is 0. The van der Waals surface area contributed by atoms with Crippen LogP contribution < -0.4 is 15.5 Å². The van der Waals surface area contributed by atoms with Gasteiger partial charge in [0.2, 0.25) is 0 Å². The Labute approximate surface area is 206 Å². The second-order valence-corrected chi connectivity index (χ2v) is 8.92. The molecule has 0 amide bonds. The van der Waals surface area contributed by atoms with Gasteiger partial charge in [-0.3, -0.25) is 9.89 Å². The quantitative estimate of drug-likeness (QED) is 0.232. The number of thiazole rings is 1. The molecule has 9 heteroatoms. The van der Waals surface area contributed by atoms with E-state index in [1.165, 1.54) is 4.88 Å². The highest BCUT2D eigenvalue weighted by molar-refractivity contribution is 14.0. The van der Waals surface area contributed by atoms with E-state index >= 15 is 0 Å². The van der Waals surface area contributed by atoms with E-state index in [1.807, 2.05) is 26.1 Å². The first-order valence-electron chi connectivity index (χ1n) is 10.2. The van der Waals surface area contributed by atoms with Gasteiger partial charge in [0.1, 0.15) is 0 Å². The molecular formula is C21H32ClIN6S. The van der Waals surface area contributed by atoms with Crippen LogP contribution in [-0.4, -0.2) is 62.2 Å². The summed E-state index contributed by atoms with van der Waals surface area (Å²) in [6.45, 7) is 11.1. The SMILES string of the molecule is CN=C(NCCCN1CCN(c2ccccc2Cl)CC1)NCc1sc(C)nc1C.I. The Morgan fingerprint density at radius 2 is 1.90 bits per heavy atom. The molecule has 0 bridgehead atoms. The van der Waals surface area contributed by atoms with E-state index in [4.69, 9.17) is 11.6 Å². The maximum absolute atomic E-state index is 6.33. The van der Waals surface area contributed by atoms with Crippen molar-refractivity contribution in [3.8, 4) is 0 Å². The number of aliphatic imine (C=N–C) groups is 1. The van der Waals surface area contributed by atoms with E-state index in [-0.39, 0.29) is 24.0 Å². The summed E-state index contributed by atoms with van der Waals surface area (Å²) in [4.78, 5) is 15.0. The fourth-order valence-electron chi connectivity index (χ4n) is 3.55. The van der Waals surface area contributed by atoms with Gasteiger partial charge in [0, 0.05) is 44.6 Å². The zero-order chi connectivity index (χ0) is 20.6. The molecule has 30 heavy (non-hydrogen) atoms. The van der Waals surface area contributed by atoms with Gasteiger partial charge in [-0.1, -0.05) is 23.7 Å². The standard InChI is InChI=1S/C21H31ClN6S.HI/c1-16-20(29-17(2)26-16)15-25-21(23-3)24-9-6-10-27-11-13-28(14-12-27)19-8-5-4-7-18(19)22;/h4-5,7-8H,6,9-15H2,1-3H3,(H2,23,24,25);1H. The van der Waals surface area contributed by atoms with Crippen LogP contribution in [-0.2, 0) is 6.54 Å². The van der Waals surface area contributed by atoms with Crippen LogP contribution in [0.25, 0.3) is 0 Å². The number of hydrogen-bond donors (Lipinski definition) is 2. The Bertz CT molecular complexity index is 820. The molecule has 2 N–H and O–H groups in total. The first-order valence-corrected chi connectivity index (χ1v) is 11.4. The number of nitrogens with zero attached hydrogens (tertiary/aromatic N) is 4. The van der Waals surface area contributed by atoms with Crippen LogP contribution in [0, 0.1) is 13.8 Å². The van der Waals surface area contributed by atoms with E-state index in [9.17, 15) is 0 Å². The molecule has 2 aromatic rings. The van der Waals surface area contributed by atoms with E-state index in [2.05, 4.69) is 49.5 Å². The van der Waals surface area contributed by atoms with E-state index in [0.29, 0.717) is 0 Å². The molecule has 2 heterocycles. The Hall–Kier alpha value is -1.10. The summed E-state index contributed by atoms with van der Waals surface area (Å²) in [6, 6.07) is 8.11. The van der Waals surface area contributed by atoms with Crippen molar-refractivity contribution in [2.24, 2.45) is 4.99 Å². The molecule has 1 aromatic heterocycles. The largest absolute Gasteiger partial charge is 0.368 e. The van der Waals surface area contributed by atoms with Crippen molar-refractivity contribution in [1.82, 2.24) is 20.5 Å². The van der Waals surface area contributed by atoms with Crippen molar-refractivity contribution < 1.29 is 0 Å².